The van der Waals surface area contributed by atoms with Crippen molar-refractivity contribution in [2.75, 3.05) is 13.2 Å². The summed E-state index contributed by atoms with van der Waals surface area (Å²) >= 11 is 0. The van der Waals surface area contributed by atoms with E-state index in [1.165, 1.54) is 11.8 Å². The lowest BCUT2D eigenvalue weighted by Gasteiger charge is -2.30. The number of hydrogen-bond acceptors (Lipinski definition) is 4. The molecule has 0 bridgehead atoms. The van der Waals surface area contributed by atoms with Crippen LogP contribution in [-0.4, -0.2) is 63.6 Å². The molecule has 1 aliphatic carbocycles. The summed E-state index contributed by atoms with van der Waals surface area (Å²) in [7, 11) is 0. The standard InChI is InChI=1S/C12H22N2O5/c1-8(16)10(11(17)18)13-12(19)14(6-7-15)9-4-2-3-5-9/h8-10,15-16H,2-7H2,1H3,(H,13,19)(H,17,18)/t8-,10+/m1/s1. The van der Waals surface area contributed by atoms with Crippen molar-refractivity contribution in [1.29, 1.82) is 0 Å². The van der Waals surface area contributed by atoms with Crippen molar-refractivity contribution in [1.82, 2.24) is 10.2 Å². The second-order valence-corrected chi connectivity index (χ2v) is 4.86. The molecule has 0 radical (unpaired) electrons. The van der Waals surface area contributed by atoms with Gasteiger partial charge in [-0.15, -0.1) is 0 Å². The number of aliphatic hydroxyl groups excluding tert-OH is 2. The van der Waals surface area contributed by atoms with Crippen LogP contribution in [0, 0.1) is 0 Å². The van der Waals surface area contributed by atoms with Gasteiger partial charge in [0.2, 0.25) is 0 Å². The minimum absolute atomic E-state index is 0.0376. The summed E-state index contributed by atoms with van der Waals surface area (Å²) in [5.41, 5.74) is 0. The van der Waals surface area contributed by atoms with Crippen LogP contribution in [0.1, 0.15) is 32.6 Å². The maximum absolute atomic E-state index is 12.1. The molecule has 1 saturated carbocycles. The number of urea groups is 1. The van der Waals surface area contributed by atoms with E-state index in [2.05, 4.69) is 5.32 Å². The van der Waals surface area contributed by atoms with Gasteiger partial charge in [-0.3, -0.25) is 0 Å². The molecule has 1 fully saturated rings. The molecule has 1 rings (SSSR count). The highest BCUT2D eigenvalue weighted by atomic mass is 16.4. The second-order valence-electron chi connectivity index (χ2n) is 4.86. The lowest BCUT2D eigenvalue weighted by molar-refractivity contribution is -0.141. The summed E-state index contributed by atoms with van der Waals surface area (Å²) in [6.45, 7) is 1.31. The van der Waals surface area contributed by atoms with Gasteiger partial charge in [0.25, 0.3) is 0 Å². The molecule has 0 heterocycles. The van der Waals surface area contributed by atoms with E-state index in [-0.39, 0.29) is 19.2 Å². The number of carbonyl (C=O) groups is 2. The van der Waals surface area contributed by atoms with E-state index >= 15 is 0 Å². The number of carboxylic acid groups (broad SMARTS) is 1. The van der Waals surface area contributed by atoms with E-state index in [4.69, 9.17) is 10.2 Å². The van der Waals surface area contributed by atoms with Crippen LogP contribution >= 0.6 is 0 Å². The molecule has 110 valence electrons. The van der Waals surface area contributed by atoms with Gasteiger partial charge >= 0.3 is 12.0 Å². The van der Waals surface area contributed by atoms with Crippen molar-refractivity contribution in [3.05, 3.63) is 0 Å². The number of aliphatic carboxylic acids is 1. The van der Waals surface area contributed by atoms with Gasteiger partial charge < -0.3 is 25.5 Å². The third kappa shape index (κ3) is 4.36. The van der Waals surface area contributed by atoms with Gasteiger partial charge in [0.15, 0.2) is 6.04 Å². The van der Waals surface area contributed by atoms with Crippen molar-refractivity contribution >= 4 is 12.0 Å². The summed E-state index contributed by atoms with van der Waals surface area (Å²) in [6, 6.07) is -1.85. The molecule has 0 aromatic heterocycles. The number of aliphatic hydroxyl groups is 2. The molecule has 1 aliphatic rings. The van der Waals surface area contributed by atoms with Crippen molar-refractivity contribution in [2.45, 2.75) is 50.8 Å². The Labute approximate surface area is 112 Å². The Morgan fingerprint density at radius 3 is 2.37 bits per heavy atom. The Balaban J connectivity index is 2.67. The summed E-state index contributed by atoms with van der Waals surface area (Å²) in [6.07, 6.45) is 2.60. The predicted octanol–water partition coefficient (Wildman–Crippen LogP) is -0.233. The lowest BCUT2D eigenvalue weighted by Crippen LogP contribution is -2.54. The maximum atomic E-state index is 12.1. The number of carboxylic acids is 1. The largest absolute Gasteiger partial charge is 0.480 e. The molecule has 2 atom stereocenters. The van der Waals surface area contributed by atoms with Crippen LogP contribution in [0.3, 0.4) is 0 Å². The Hall–Kier alpha value is -1.34. The van der Waals surface area contributed by atoms with Crippen molar-refractivity contribution in [3.63, 3.8) is 0 Å². The van der Waals surface area contributed by atoms with Gasteiger partial charge in [-0.25, -0.2) is 9.59 Å². The van der Waals surface area contributed by atoms with Crippen LogP contribution in [0.5, 0.6) is 0 Å². The average Bonchev–Trinajstić information content (AvgIpc) is 2.85. The Morgan fingerprint density at radius 2 is 1.95 bits per heavy atom. The topological polar surface area (TPSA) is 110 Å². The monoisotopic (exact) mass is 274 g/mol. The van der Waals surface area contributed by atoms with E-state index in [0.717, 1.165) is 25.7 Å². The molecule has 0 unspecified atom stereocenters. The van der Waals surface area contributed by atoms with E-state index < -0.39 is 24.1 Å². The van der Waals surface area contributed by atoms with Crippen LogP contribution in [0.25, 0.3) is 0 Å². The molecule has 4 N–H and O–H groups in total. The summed E-state index contributed by atoms with van der Waals surface area (Å²) in [4.78, 5) is 24.5. The lowest BCUT2D eigenvalue weighted by atomic mass is 10.2. The number of carbonyl (C=O) groups excluding carboxylic acids is 1. The second kappa shape index (κ2) is 7.30. The fraction of sp³-hybridized carbons (Fsp3) is 0.833. The number of amides is 2. The van der Waals surface area contributed by atoms with Gasteiger partial charge in [0.1, 0.15) is 0 Å². The predicted molar refractivity (Wildman–Crippen MR) is 67.7 cm³/mol. The third-order valence-corrected chi connectivity index (χ3v) is 3.39. The zero-order valence-corrected chi connectivity index (χ0v) is 11.1. The van der Waals surface area contributed by atoms with E-state index in [9.17, 15) is 14.7 Å². The number of rotatable bonds is 6. The maximum Gasteiger partial charge on any atom is 0.328 e. The molecule has 0 aromatic carbocycles. The molecule has 0 aromatic rings. The molecule has 7 nitrogen and oxygen atoms in total. The first kappa shape index (κ1) is 15.7. The zero-order valence-electron chi connectivity index (χ0n) is 11.1. The normalized spacial score (nSPS) is 18.9. The minimum atomic E-state index is -1.34. The van der Waals surface area contributed by atoms with Gasteiger partial charge in [-0.1, -0.05) is 12.8 Å². The van der Waals surface area contributed by atoms with E-state index in [0.29, 0.717) is 0 Å². The minimum Gasteiger partial charge on any atom is -0.480 e. The zero-order chi connectivity index (χ0) is 14.4. The molecular formula is C12H22N2O5. The Kier molecular flexibility index (Phi) is 6.04. The number of nitrogens with one attached hydrogen (secondary N) is 1. The average molecular weight is 274 g/mol. The molecular weight excluding hydrogens is 252 g/mol. The highest BCUT2D eigenvalue weighted by Gasteiger charge is 2.31. The van der Waals surface area contributed by atoms with Crippen molar-refractivity contribution < 1.29 is 24.9 Å². The first-order valence-corrected chi connectivity index (χ1v) is 6.56. The smallest absolute Gasteiger partial charge is 0.328 e. The van der Waals surface area contributed by atoms with Gasteiger partial charge in [-0.2, -0.15) is 0 Å². The van der Waals surface area contributed by atoms with Crippen LogP contribution in [0.4, 0.5) is 4.79 Å². The summed E-state index contributed by atoms with van der Waals surface area (Å²) < 4.78 is 0. The van der Waals surface area contributed by atoms with E-state index in [1.54, 1.807) is 0 Å². The fourth-order valence-corrected chi connectivity index (χ4v) is 2.38. The van der Waals surface area contributed by atoms with Crippen LogP contribution in [0.2, 0.25) is 0 Å². The molecule has 19 heavy (non-hydrogen) atoms. The quantitative estimate of drug-likeness (QED) is 0.534. The molecule has 7 heteroatoms. The SMILES string of the molecule is C[C@@H](O)[C@H](NC(=O)N(CCO)C1CCCC1)C(=O)O. The highest BCUT2D eigenvalue weighted by molar-refractivity contribution is 5.83. The van der Waals surface area contributed by atoms with Gasteiger partial charge in [0, 0.05) is 12.6 Å². The Morgan fingerprint density at radius 1 is 1.37 bits per heavy atom. The Bertz CT molecular complexity index is 315. The van der Waals surface area contributed by atoms with Crippen molar-refractivity contribution in [3.8, 4) is 0 Å². The molecule has 0 aliphatic heterocycles. The van der Waals surface area contributed by atoms with Gasteiger partial charge in [0.05, 0.1) is 12.7 Å². The fourth-order valence-electron chi connectivity index (χ4n) is 2.38. The van der Waals surface area contributed by atoms with Crippen LogP contribution in [-0.2, 0) is 4.79 Å². The van der Waals surface area contributed by atoms with Gasteiger partial charge in [-0.05, 0) is 19.8 Å². The molecule has 0 saturated heterocycles. The summed E-state index contributed by atoms with van der Waals surface area (Å²) in [5.74, 6) is -1.28. The third-order valence-electron chi connectivity index (χ3n) is 3.39. The van der Waals surface area contributed by atoms with Crippen molar-refractivity contribution in [2.24, 2.45) is 0 Å². The molecule has 0 spiro atoms. The van der Waals surface area contributed by atoms with Crippen LogP contribution in [0.15, 0.2) is 0 Å². The number of hydrogen-bond donors (Lipinski definition) is 4. The first-order valence-electron chi connectivity index (χ1n) is 6.56. The first-order chi connectivity index (χ1) is 8.97. The van der Waals surface area contributed by atoms with Crippen LogP contribution < -0.4 is 5.32 Å². The number of nitrogens with zero attached hydrogens (tertiary/aromatic N) is 1. The highest BCUT2D eigenvalue weighted by Crippen LogP contribution is 2.23. The summed E-state index contributed by atoms with van der Waals surface area (Å²) in [5, 5.41) is 29.6. The molecule has 2 amide bonds. The van der Waals surface area contributed by atoms with E-state index in [1.807, 2.05) is 0 Å².